The number of urea groups is 1. The molecule has 1 aromatic rings. The lowest BCUT2D eigenvalue weighted by molar-refractivity contribution is 0.140. The molecule has 2 N–H and O–H groups in total. The zero-order valence-corrected chi connectivity index (χ0v) is 14.2. The Morgan fingerprint density at radius 2 is 2.17 bits per heavy atom. The van der Waals surface area contributed by atoms with Crippen LogP contribution in [0.25, 0.3) is 0 Å². The summed E-state index contributed by atoms with van der Waals surface area (Å²) in [5.41, 5.74) is 0. The quantitative estimate of drug-likeness (QED) is 0.887. The number of fused-ring (bicyclic) bond motifs is 1. The molecule has 0 aliphatic carbocycles. The Labute approximate surface area is 137 Å². The van der Waals surface area contributed by atoms with Crippen LogP contribution < -0.4 is 5.32 Å². The number of carbonyl (C=O) groups excluding carboxylic acids is 1. The molecule has 0 radical (unpaired) electrons. The number of aryl methyl sites for hydroxylation is 1. The predicted octanol–water partition coefficient (Wildman–Crippen LogP) is 1.65. The Balaban J connectivity index is 1.73. The van der Waals surface area contributed by atoms with Gasteiger partial charge in [0, 0.05) is 19.0 Å². The van der Waals surface area contributed by atoms with Gasteiger partial charge in [0.05, 0.1) is 18.7 Å². The first kappa shape index (κ1) is 16.2. The summed E-state index contributed by atoms with van der Waals surface area (Å²) in [7, 11) is 0. The van der Waals surface area contributed by atoms with E-state index in [4.69, 9.17) is 0 Å². The number of amides is 2. The molecule has 128 valence electrons. The van der Waals surface area contributed by atoms with Crippen molar-refractivity contribution in [3.63, 3.8) is 0 Å². The molecule has 3 rings (SSSR count). The van der Waals surface area contributed by atoms with Crippen LogP contribution in [0.4, 0.5) is 4.79 Å². The fourth-order valence-corrected chi connectivity index (χ4v) is 3.52. The van der Waals surface area contributed by atoms with E-state index in [1.807, 2.05) is 4.68 Å². The Kier molecular flexibility index (Phi) is 4.57. The number of carbonyl (C=O) groups is 1. The van der Waals surface area contributed by atoms with Crippen molar-refractivity contribution in [1.82, 2.24) is 25.0 Å². The van der Waals surface area contributed by atoms with Gasteiger partial charge in [-0.15, -0.1) is 0 Å². The van der Waals surface area contributed by atoms with Gasteiger partial charge in [-0.3, -0.25) is 0 Å². The molecule has 3 heterocycles. The van der Waals surface area contributed by atoms with Crippen LogP contribution in [-0.2, 0) is 6.54 Å². The van der Waals surface area contributed by atoms with Gasteiger partial charge in [-0.2, -0.15) is 5.10 Å². The van der Waals surface area contributed by atoms with E-state index < -0.39 is 0 Å². The van der Waals surface area contributed by atoms with Crippen LogP contribution in [0.1, 0.15) is 63.6 Å². The summed E-state index contributed by atoms with van der Waals surface area (Å²) in [5.74, 6) is 2.32. The van der Waals surface area contributed by atoms with E-state index in [0.717, 1.165) is 37.5 Å². The number of aliphatic hydroxyl groups is 1. The highest BCUT2D eigenvalue weighted by atomic mass is 16.3. The molecule has 2 aliphatic rings. The number of nitrogens with one attached hydrogen (secondary N) is 1. The second kappa shape index (κ2) is 6.47. The number of nitrogens with zero attached hydrogens (tertiary/aromatic N) is 4. The summed E-state index contributed by atoms with van der Waals surface area (Å²) in [6.45, 7) is 7.82. The minimum Gasteiger partial charge on any atom is -0.394 e. The number of aromatic nitrogens is 3. The minimum absolute atomic E-state index is 0.0208. The normalized spacial score (nSPS) is 27.3. The van der Waals surface area contributed by atoms with Crippen molar-refractivity contribution in [2.24, 2.45) is 5.92 Å². The molecule has 0 unspecified atom stereocenters. The monoisotopic (exact) mass is 321 g/mol. The van der Waals surface area contributed by atoms with Gasteiger partial charge < -0.3 is 15.3 Å². The van der Waals surface area contributed by atoms with E-state index in [9.17, 15) is 9.90 Å². The standard InChI is InChI=1S/C16H27N5O2/c1-10(2)14-18-15-12(5-4-7-21(15)19-14)17-16(23)20-8-6-11(3)13(20)9-22/h10-13,22H,4-9H2,1-3H3,(H,17,23)/t11-,12+,13+/m1/s1. The molecule has 2 aliphatic heterocycles. The summed E-state index contributed by atoms with van der Waals surface area (Å²) >= 11 is 0. The second-order valence-electron chi connectivity index (χ2n) is 7.06. The topological polar surface area (TPSA) is 83.3 Å². The van der Waals surface area contributed by atoms with Crippen molar-refractivity contribution in [3.8, 4) is 0 Å². The van der Waals surface area contributed by atoms with E-state index >= 15 is 0 Å². The van der Waals surface area contributed by atoms with Crippen LogP contribution in [0.3, 0.4) is 0 Å². The van der Waals surface area contributed by atoms with Crippen molar-refractivity contribution in [1.29, 1.82) is 0 Å². The molecule has 1 saturated heterocycles. The molecule has 1 aromatic heterocycles. The van der Waals surface area contributed by atoms with Crippen molar-refractivity contribution in [2.45, 2.75) is 64.6 Å². The van der Waals surface area contributed by atoms with Crippen LogP contribution in [0, 0.1) is 5.92 Å². The third-order valence-electron chi connectivity index (χ3n) is 5.04. The average Bonchev–Trinajstić information content (AvgIpc) is 3.11. The second-order valence-corrected chi connectivity index (χ2v) is 7.06. The molecule has 0 spiro atoms. The summed E-state index contributed by atoms with van der Waals surface area (Å²) in [6.07, 6.45) is 2.81. The van der Waals surface area contributed by atoms with Crippen LogP contribution in [0.2, 0.25) is 0 Å². The summed E-state index contributed by atoms with van der Waals surface area (Å²) in [6, 6.07) is -0.268. The molecular formula is C16H27N5O2. The maximum Gasteiger partial charge on any atom is 0.318 e. The smallest absolute Gasteiger partial charge is 0.318 e. The average molecular weight is 321 g/mol. The Bertz CT molecular complexity index is 571. The number of hydrogen-bond acceptors (Lipinski definition) is 4. The van der Waals surface area contributed by atoms with E-state index in [-0.39, 0.29) is 30.6 Å². The summed E-state index contributed by atoms with van der Waals surface area (Å²) in [4.78, 5) is 19.0. The first-order valence-electron chi connectivity index (χ1n) is 8.64. The SMILES string of the molecule is CC(C)c1nc2n(n1)CCC[C@@H]2NC(=O)N1CC[C@@H](C)[C@@H]1CO. The van der Waals surface area contributed by atoms with Crippen LogP contribution in [0.15, 0.2) is 0 Å². The predicted molar refractivity (Wildman–Crippen MR) is 86.0 cm³/mol. The van der Waals surface area contributed by atoms with Crippen molar-refractivity contribution >= 4 is 6.03 Å². The first-order chi connectivity index (χ1) is 11.0. The molecule has 0 bridgehead atoms. The lowest BCUT2D eigenvalue weighted by Crippen LogP contribution is -2.47. The number of aliphatic hydroxyl groups excluding tert-OH is 1. The van der Waals surface area contributed by atoms with E-state index in [1.54, 1.807) is 4.90 Å². The molecule has 2 amide bonds. The lowest BCUT2D eigenvalue weighted by Gasteiger charge is -2.29. The van der Waals surface area contributed by atoms with Gasteiger partial charge in [0.1, 0.15) is 5.82 Å². The van der Waals surface area contributed by atoms with Crippen LogP contribution >= 0.6 is 0 Å². The Morgan fingerprint density at radius 3 is 2.87 bits per heavy atom. The summed E-state index contributed by atoms with van der Waals surface area (Å²) < 4.78 is 1.93. The highest BCUT2D eigenvalue weighted by Gasteiger charge is 2.35. The Morgan fingerprint density at radius 1 is 1.39 bits per heavy atom. The largest absolute Gasteiger partial charge is 0.394 e. The third-order valence-corrected chi connectivity index (χ3v) is 5.04. The van der Waals surface area contributed by atoms with Gasteiger partial charge in [-0.05, 0) is 25.2 Å². The van der Waals surface area contributed by atoms with Crippen molar-refractivity contribution in [2.75, 3.05) is 13.2 Å². The van der Waals surface area contributed by atoms with Gasteiger partial charge in [0.15, 0.2) is 5.82 Å². The molecule has 0 saturated carbocycles. The zero-order chi connectivity index (χ0) is 16.6. The molecule has 7 nitrogen and oxygen atoms in total. The van der Waals surface area contributed by atoms with Crippen molar-refractivity contribution in [3.05, 3.63) is 11.6 Å². The Hall–Kier alpha value is -1.63. The van der Waals surface area contributed by atoms with Gasteiger partial charge in [0.2, 0.25) is 0 Å². The summed E-state index contributed by atoms with van der Waals surface area (Å²) in [5, 5.41) is 17.2. The lowest BCUT2D eigenvalue weighted by atomic mass is 10.0. The minimum atomic E-state index is -0.0963. The van der Waals surface area contributed by atoms with E-state index in [2.05, 4.69) is 36.2 Å². The van der Waals surface area contributed by atoms with Gasteiger partial charge in [-0.25, -0.2) is 14.5 Å². The molecule has 7 heteroatoms. The van der Waals surface area contributed by atoms with E-state index in [0.29, 0.717) is 12.5 Å². The van der Waals surface area contributed by atoms with E-state index in [1.165, 1.54) is 0 Å². The fourth-order valence-electron chi connectivity index (χ4n) is 3.52. The molecule has 3 atom stereocenters. The molecule has 0 aromatic carbocycles. The molecular weight excluding hydrogens is 294 g/mol. The zero-order valence-electron chi connectivity index (χ0n) is 14.2. The molecule has 23 heavy (non-hydrogen) atoms. The fraction of sp³-hybridized carbons (Fsp3) is 0.812. The number of rotatable bonds is 3. The van der Waals surface area contributed by atoms with Crippen LogP contribution in [-0.4, -0.2) is 50.0 Å². The maximum atomic E-state index is 12.6. The number of hydrogen-bond donors (Lipinski definition) is 2. The van der Waals surface area contributed by atoms with Gasteiger partial charge in [0.25, 0.3) is 0 Å². The highest BCUT2D eigenvalue weighted by molar-refractivity contribution is 5.75. The highest BCUT2D eigenvalue weighted by Crippen LogP contribution is 2.27. The first-order valence-corrected chi connectivity index (χ1v) is 8.64. The van der Waals surface area contributed by atoms with Crippen LogP contribution in [0.5, 0.6) is 0 Å². The van der Waals surface area contributed by atoms with Gasteiger partial charge >= 0.3 is 6.03 Å². The maximum absolute atomic E-state index is 12.6. The van der Waals surface area contributed by atoms with Crippen molar-refractivity contribution < 1.29 is 9.90 Å². The third kappa shape index (κ3) is 3.06. The van der Waals surface area contributed by atoms with Gasteiger partial charge in [-0.1, -0.05) is 20.8 Å². The number of likely N-dealkylation sites (tertiary alicyclic amines) is 1. The molecule has 1 fully saturated rings.